The van der Waals surface area contributed by atoms with Crippen LogP contribution in [-0.2, 0) is 0 Å². The van der Waals surface area contributed by atoms with Gasteiger partial charge in [-0.25, -0.2) is 0 Å². The molecule has 1 aromatic heterocycles. The maximum absolute atomic E-state index is 9.09. The summed E-state index contributed by atoms with van der Waals surface area (Å²) in [4.78, 5) is 3.90. The van der Waals surface area contributed by atoms with E-state index in [1.165, 1.54) is 6.20 Å². The second-order valence-corrected chi connectivity index (χ2v) is 2.77. The van der Waals surface area contributed by atoms with E-state index in [1.807, 2.05) is 0 Å². The van der Waals surface area contributed by atoms with Gasteiger partial charge in [0.15, 0.2) is 0 Å². The molecule has 0 aromatic carbocycles. The fourth-order valence-corrected chi connectivity index (χ4v) is 1.21. The molecule has 0 bridgehead atoms. The van der Waals surface area contributed by atoms with E-state index in [9.17, 15) is 0 Å². The van der Waals surface area contributed by atoms with Crippen molar-refractivity contribution in [2.45, 2.75) is 12.5 Å². The Kier molecular flexibility index (Phi) is 1.51. The van der Waals surface area contributed by atoms with Gasteiger partial charge in [-0.2, -0.15) is 0 Å². The van der Waals surface area contributed by atoms with E-state index in [2.05, 4.69) is 10.3 Å². The second-order valence-electron chi connectivity index (χ2n) is 2.77. The van der Waals surface area contributed by atoms with E-state index in [0.29, 0.717) is 6.04 Å². The van der Waals surface area contributed by atoms with Crippen LogP contribution >= 0.6 is 0 Å². The van der Waals surface area contributed by atoms with Crippen molar-refractivity contribution in [3.8, 4) is 5.75 Å². The molecule has 2 rings (SSSR count). The molecule has 11 heavy (non-hydrogen) atoms. The summed E-state index contributed by atoms with van der Waals surface area (Å²) in [7, 11) is 0. The highest BCUT2D eigenvalue weighted by atomic mass is 16.3. The summed E-state index contributed by atoms with van der Waals surface area (Å²) in [6, 6.07) is 2.17. The Hall–Kier alpha value is -1.09. The van der Waals surface area contributed by atoms with Gasteiger partial charge in [-0.05, 0) is 24.6 Å². The first kappa shape index (κ1) is 6.61. The lowest BCUT2D eigenvalue weighted by Gasteiger charge is -2.27. The molecule has 2 N–H and O–H groups in total. The minimum atomic E-state index is 0.246. The van der Waals surface area contributed by atoms with Crippen molar-refractivity contribution in [1.29, 1.82) is 0 Å². The molecule has 0 unspecified atom stereocenters. The molecule has 1 fully saturated rings. The molecule has 3 nitrogen and oxygen atoms in total. The van der Waals surface area contributed by atoms with Crippen LogP contribution in [0.5, 0.6) is 5.75 Å². The lowest BCUT2D eigenvalue weighted by atomic mass is 10.00. The Morgan fingerprint density at radius 3 is 2.91 bits per heavy atom. The summed E-state index contributed by atoms with van der Waals surface area (Å²) in [5, 5.41) is 12.3. The summed E-state index contributed by atoms with van der Waals surface area (Å²) < 4.78 is 0. The number of aromatic hydroxyl groups is 1. The van der Waals surface area contributed by atoms with Gasteiger partial charge in [0.2, 0.25) is 0 Å². The molecule has 0 saturated carbocycles. The van der Waals surface area contributed by atoms with Crippen molar-refractivity contribution in [1.82, 2.24) is 10.3 Å². The zero-order valence-corrected chi connectivity index (χ0v) is 6.12. The van der Waals surface area contributed by atoms with E-state index >= 15 is 0 Å². The average molecular weight is 150 g/mol. The SMILES string of the molecule is Oc1cncc([C@@H]2CCN2)c1. The maximum Gasteiger partial charge on any atom is 0.134 e. The number of rotatable bonds is 1. The first-order valence-corrected chi connectivity index (χ1v) is 3.73. The zero-order valence-electron chi connectivity index (χ0n) is 6.12. The van der Waals surface area contributed by atoms with E-state index in [-0.39, 0.29) is 5.75 Å². The molecule has 3 heteroatoms. The van der Waals surface area contributed by atoms with Gasteiger partial charge >= 0.3 is 0 Å². The minimum Gasteiger partial charge on any atom is -0.506 e. The monoisotopic (exact) mass is 150 g/mol. The highest BCUT2D eigenvalue weighted by molar-refractivity contribution is 5.25. The van der Waals surface area contributed by atoms with Gasteiger partial charge in [0, 0.05) is 12.2 Å². The predicted molar refractivity (Wildman–Crippen MR) is 41.3 cm³/mol. The Labute approximate surface area is 65.1 Å². The quantitative estimate of drug-likeness (QED) is 0.623. The molecule has 1 atom stereocenters. The molecule has 0 amide bonds. The number of nitrogens with one attached hydrogen (secondary N) is 1. The van der Waals surface area contributed by atoms with Crippen LogP contribution in [0.2, 0.25) is 0 Å². The Morgan fingerprint density at radius 2 is 2.36 bits per heavy atom. The van der Waals surface area contributed by atoms with Gasteiger partial charge in [0.25, 0.3) is 0 Å². The molecular weight excluding hydrogens is 140 g/mol. The molecule has 0 aliphatic carbocycles. The first-order valence-electron chi connectivity index (χ1n) is 3.73. The Bertz CT molecular complexity index is 258. The second kappa shape index (κ2) is 2.51. The number of hydrogen-bond donors (Lipinski definition) is 2. The van der Waals surface area contributed by atoms with Crippen LogP contribution in [0.3, 0.4) is 0 Å². The maximum atomic E-state index is 9.09. The third-order valence-corrected chi connectivity index (χ3v) is 1.97. The lowest BCUT2D eigenvalue weighted by Crippen LogP contribution is -2.34. The highest BCUT2D eigenvalue weighted by Crippen LogP contribution is 2.23. The number of pyridine rings is 1. The molecule has 1 aliphatic rings. The fourth-order valence-electron chi connectivity index (χ4n) is 1.21. The van der Waals surface area contributed by atoms with Gasteiger partial charge in [-0.3, -0.25) is 4.98 Å². The van der Waals surface area contributed by atoms with Crippen molar-refractivity contribution >= 4 is 0 Å². The summed E-state index contributed by atoms with van der Waals surface area (Å²) in [6.45, 7) is 1.07. The summed E-state index contributed by atoms with van der Waals surface area (Å²) in [5.74, 6) is 0.246. The van der Waals surface area contributed by atoms with Crippen molar-refractivity contribution in [2.75, 3.05) is 6.54 Å². The van der Waals surface area contributed by atoms with Gasteiger partial charge in [0.1, 0.15) is 5.75 Å². The third-order valence-electron chi connectivity index (χ3n) is 1.97. The van der Waals surface area contributed by atoms with Crippen LogP contribution in [0.25, 0.3) is 0 Å². The van der Waals surface area contributed by atoms with E-state index in [1.54, 1.807) is 12.3 Å². The molecule has 2 heterocycles. The van der Waals surface area contributed by atoms with Crippen molar-refractivity contribution in [2.24, 2.45) is 0 Å². The number of aromatic nitrogens is 1. The topological polar surface area (TPSA) is 45.2 Å². The molecule has 0 spiro atoms. The Morgan fingerprint density at radius 1 is 1.55 bits per heavy atom. The molecule has 58 valence electrons. The molecular formula is C8H10N2O. The van der Waals surface area contributed by atoms with Gasteiger partial charge in [-0.15, -0.1) is 0 Å². The van der Waals surface area contributed by atoms with Crippen LogP contribution in [0.15, 0.2) is 18.5 Å². The van der Waals surface area contributed by atoms with Crippen LogP contribution in [0.1, 0.15) is 18.0 Å². The third kappa shape index (κ3) is 1.19. The van der Waals surface area contributed by atoms with Gasteiger partial charge < -0.3 is 10.4 Å². The van der Waals surface area contributed by atoms with Gasteiger partial charge in [0.05, 0.1) is 6.20 Å². The average Bonchev–Trinajstić information content (AvgIpc) is 1.83. The molecule has 1 aromatic rings. The molecule has 1 saturated heterocycles. The summed E-state index contributed by atoms with van der Waals surface area (Å²) in [5.41, 5.74) is 1.08. The van der Waals surface area contributed by atoms with Crippen LogP contribution in [0, 0.1) is 0 Å². The first-order chi connectivity index (χ1) is 5.36. The minimum absolute atomic E-state index is 0.246. The van der Waals surface area contributed by atoms with Crippen molar-refractivity contribution < 1.29 is 5.11 Å². The zero-order chi connectivity index (χ0) is 7.68. The molecule has 1 aliphatic heterocycles. The van der Waals surface area contributed by atoms with Crippen molar-refractivity contribution in [3.05, 3.63) is 24.0 Å². The van der Waals surface area contributed by atoms with E-state index in [4.69, 9.17) is 5.11 Å². The number of nitrogens with zero attached hydrogens (tertiary/aromatic N) is 1. The van der Waals surface area contributed by atoms with Crippen LogP contribution in [-0.4, -0.2) is 16.6 Å². The van der Waals surface area contributed by atoms with E-state index in [0.717, 1.165) is 18.5 Å². The standard InChI is InChI=1S/C8H10N2O/c11-7-3-6(4-9-5-7)8-1-2-10-8/h3-5,8,10-11H,1-2H2/t8-/m0/s1. The Balaban J connectivity index is 2.23. The van der Waals surface area contributed by atoms with Crippen molar-refractivity contribution in [3.63, 3.8) is 0 Å². The lowest BCUT2D eigenvalue weighted by molar-refractivity contribution is 0.379. The number of hydrogen-bond acceptors (Lipinski definition) is 3. The fraction of sp³-hybridized carbons (Fsp3) is 0.375. The van der Waals surface area contributed by atoms with Gasteiger partial charge in [-0.1, -0.05) is 0 Å². The normalized spacial score (nSPS) is 22.7. The van der Waals surface area contributed by atoms with E-state index < -0.39 is 0 Å². The largest absolute Gasteiger partial charge is 0.506 e. The smallest absolute Gasteiger partial charge is 0.134 e. The summed E-state index contributed by atoms with van der Waals surface area (Å²) in [6.07, 6.45) is 4.38. The van der Waals surface area contributed by atoms with Crippen LogP contribution < -0.4 is 5.32 Å². The highest BCUT2D eigenvalue weighted by Gasteiger charge is 2.18. The predicted octanol–water partition coefficient (Wildman–Crippen LogP) is 0.822. The molecule has 0 radical (unpaired) electrons. The van der Waals surface area contributed by atoms with Crippen LogP contribution in [0.4, 0.5) is 0 Å². The summed E-state index contributed by atoms with van der Waals surface area (Å²) >= 11 is 0.